The van der Waals surface area contributed by atoms with E-state index in [0.29, 0.717) is 6.10 Å². The molecule has 2 atom stereocenters. The molecule has 1 heterocycles. The maximum absolute atomic E-state index is 5.39. The van der Waals surface area contributed by atoms with Gasteiger partial charge in [-0.25, -0.2) is 0 Å². The Labute approximate surface area is 62.8 Å². The Bertz CT molecular complexity index is 157. The number of hydrogen-bond donors (Lipinski definition) is 0. The van der Waals surface area contributed by atoms with Crippen LogP contribution in [-0.4, -0.2) is 12.7 Å². The molecule has 0 aromatic carbocycles. The molecule has 0 aromatic rings. The molecule has 0 aromatic heterocycles. The minimum atomic E-state index is 0.0949. The molecule has 1 saturated heterocycles. The van der Waals surface area contributed by atoms with Gasteiger partial charge in [-0.2, -0.15) is 0 Å². The quantitative estimate of drug-likeness (QED) is 0.464. The predicted octanol–water partition coefficient (Wildman–Crippen LogP) is 1.82. The lowest BCUT2D eigenvalue weighted by Crippen LogP contribution is -2.30. The van der Waals surface area contributed by atoms with Gasteiger partial charge in [0.05, 0.1) is 6.10 Å². The van der Waals surface area contributed by atoms with Crippen molar-refractivity contribution in [2.75, 3.05) is 6.61 Å². The fourth-order valence-corrected chi connectivity index (χ4v) is 1.41. The van der Waals surface area contributed by atoms with Crippen LogP contribution in [-0.2, 0) is 4.74 Å². The molecule has 0 bridgehead atoms. The highest BCUT2D eigenvalue weighted by Crippen LogP contribution is 2.31. The zero-order chi connectivity index (χ0) is 7.61. The lowest BCUT2D eigenvalue weighted by Gasteiger charge is -2.32. The van der Waals surface area contributed by atoms with E-state index >= 15 is 0 Å². The summed E-state index contributed by atoms with van der Waals surface area (Å²) in [5.74, 6) is 2.83. The van der Waals surface area contributed by atoms with Crippen LogP contribution in [0.15, 0.2) is 0 Å². The van der Waals surface area contributed by atoms with Gasteiger partial charge in [0.25, 0.3) is 0 Å². The smallest absolute Gasteiger partial charge is 0.0561 e. The van der Waals surface area contributed by atoms with Crippen molar-refractivity contribution in [3.63, 3.8) is 0 Å². The van der Waals surface area contributed by atoms with E-state index in [4.69, 9.17) is 11.2 Å². The highest BCUT2D eigenvalue weighted by molar-refractivity contribution is 5.04. The van der Waals surface area contributed by atoms with Crippen LogP contribution in [0.5, 0.6) is 0 Å². The van der Waals surface area contributed by atoms with Crippen molar-refractivity contribution in [3.8, 4) is 12.3 Å². The number of ether oxygens (including phenoxy) is 1. The standard InChI is InChI=1S/C9H14O/c1-4-9(3)5-6-10-8(2)7-9/h1,8H,5-7H2,2-3H3/t8-,9+/m0/s1. The van der Waals surface area contributed by atoms with Gasteiger partial charge in [0.15, 0.2) is 0 Å². The lowest BCUT2D eigenvalue weighted by molar-refractivity contribution is -0.0123. The Morgan fingerprint density at radius 1 is 1.70 bits per heavy atom. The van der Waals surface area contributed by atoms with Gasteiger partial charge in [-0.3, -0.25) is 0 Å². The van der Waals surface area contributed by atoms with E-state index in [9.17, 15) is 0 Å². The van der Waals surface area contributed by atoms with Crippen LogP contribution < -0.4 is 0 Å². The Hall–Kier alpha value is -0.480. The molecule has 0 aliphatic carbocycles. The second-order valence-corrected chi connectivity index (χ2v) is 3.34. The highest BCUT2D eigenvalue weighted by Gasteiger charge is 2.28. The molecule has 1 aliphatic heterocycles. The summed E-state index contributed by atoms with van der Waals surface area (Å²) in [5, 5.41) is 0. The molecule has 0 N–H and O–H groups in total. The van der Waals surface area contributed by atoms with E-state index in [1.165, 1.54) is 0 Å². The molecular weight excluding hydrogens is 124 g/mol. The lowest BCUT2D eigenvalue weighted by atomic mass is 9.81. The van der Waals surface area contributed by atoms with E-state index in [-0.39, 0.29) is 5.41 Å². The monoisotopic (exact) mass is 138 g/mol. The maximum atomic E-state index is 5.39. The topological polar surface area (TPSA) is 9.23 Å². The molecule has 0 amide bonds. The summed E-state index contributed by atoms with van der Waals surface area (Å²) >= 11 is 0. The van der Waals surface area contributed by atoms with Gasteiger partial charge < -0.3 is 4.74 Å². The van der Waals surface area contributed by atoms with Crippen LogP contribution in [0.3, 0.4) is 0 Å². The number of terminal acetylenes is 1. The molecule has 1 nitrogen and oxygen atoms in total. The first-order chi connectivity index (χ1) is 4.66. The van der Waals surface area contributed by atoms with E-state index < -0.39 is 0 Å². The summed E-state index contributed by atoms with van der Waals surface area (Å²) in [6, 6.07) is 0. The van der Waals surface area contributed by atoms with Crippen molar-refractivity contribution in [2.45, 2.75) is 32.8 Å². The summed E-state index contributed by atoms with van der Waals surface area (Å²) < 4.78 is 5.38. The summed E-state index contributed by atoms with van der Waals surface area (Å²) in [6.45, 7) is 5.03. The SMILES string of the molecule is C#C[C@]1(C)CCO[C@@H](C)C1. The van der Waals surface area contributed by atoms with Crippen LogP contribution in [0.2, 0.25) is 0 Å². The second-order valence-electron chi connectivity index (χ2n) is 3.34. The van der Waals surface area contributed by atoms with Crippen molar-refractivity contribution in [2.24, 2.45) is 5.41 Å². The van der Waals surface area contributed by atoms with E-state index in [0.717, 1.165) is 19.4 Å². The van der Waals surface area contributed by atoms with Crippen molar-refractivity contribution in [1.82, 2.24) is 0 Å². The summed E-state index contributed by atoms with van der Waals surface area (Å²) in [5.41, 5.74) is 0.0949. The fraction of sp³-hybridized carbons (Fsp3) is 0.778. The third kappa shape index (κ3) is 1.52. The van der Waals surface area contributed by atoms with Gasteiger partial charge >= 0.3 is 0 Å². The Morgan fingerprint density at radius 3 is 2.80 bits per heavy atom. The van der Waals surface area contributed by atoms with Crippen molar-refractivity contribution >= 4 is 0 Å². The molecule has 56 valence electrons. The average molecular weight is 138 g/mol. The van der Waals surface area contributed by atoms with Crippen molar-refractivity contribution in [3.05, 3.63) is 0 Å². The molecule has 0 spiro atoms. The fourth-order valence-electron chi connectivity index (χ4n) is 1.41. The summed E-state index contributed by atoms with van der Waals surface area (Å²) in [4.78, 5) is 0. The Morgan fingerprint density at radius 2 is 2.40 bits per heavy atom. The van der Waals surface area contributed by atoms with E-state index in [2.05, 4.69) is 19.8 Å². The first kappa shape index (κ1) is 7.63. The zero-order valence-corrected chi connectivity index (χ0v) is 6.68. The molecule has 0 unspecified atom stereocenters. The van der Waals surface area contributed by atoms with Crippen LogP contribution in [0.1, 0.15) is 26.7 Å². The summed E-state index contributed by atoms with van der Waals surface area (Å²) in [7, 11) is 0. The van der Waals surface area contributed by atoms with Crippen molar-refractivity contribution < 1.29 is 4.74 Å². The molecule has 1 fully saturated rings. The number of rotatable bonds is 0. The third-order valence-electron chi connectivity index (χ3n) is 2.14. The molecular formula is C9H14O. The minimum absolute atomic E-state index is 0.0949. The van der Waals surface area contributed by atoms with Crippen LogP contribution in [0.25, 0.3) is 0 Å². The maximum Gasteiger partial charge on any atom is 0.0561 e. The largest absolute Gasteiger partial charge is 0.378 e. The van der Waals surface area contributed by atoms with Gasteiger partial charge in [0.1, 0.15) is 0 Å². The van der Waals surface area contributed by atoms with Crippen LogP contribution in [0, 0.1) is 17.8 Å². The molecule has 0 saturated carbocycles. The van der Waals surface area contributed by atoms with Gasteiger partial charge in [-0.1, -0.05) is 0 Å². The molecule has 0 radical (unpaired) electrons. The van der Waals surface area contributed by atoms with Gasteiger partial charge in [0, 0.05) is 12.0 Å². The number of hydrogen-bond acceptors (Lipinski definition) is 1. The van der Waals surface area contributed by atoms with Gasteiger partial charge in [0.2, 0.25) is 0 Å². The summed E-state index contributed by atoms with van der Waals surface area (Å²) in [6.07, 6.45) is 7.75. The highest BCUT2D eigenvalue weighted by atomic mass is 16.5. The van der Waals surface area contributed by atoms with E-state index in [1.54, 1.807) is 0 Å². The third-order valence-corrected chi connectivity index (χ3v) is 2.14. The van der Waals surface area contributed by atoms with E-state index in [1.807, 2.05) is 0 Å². The first-order valence-electron chi connectivity index (χ1n) is 3.76. The molecule has 1 aliphatic rings. The molecule has 10 heavy (non-hydrogen) atoms. The first-order valence-corrected chi connectivity index (χ1v) is 3.76. The van der Waals surface area contributed by atoms with Gasteiger partial charge in [-0.15, -0.1) is 12.3 Å². The predicted molar refractivity (Wildman–Crippen MR) is 41.6 cm³/mol. The molecule has 1 heteroatoms. The van der Waals surface area contributed by atoms with Crippen LogP contribution in [0.4, 0.5) is 0 Å². The second kappa shape index (κ2) is 2.64. The minimum Gasteiger partial charge on any atom is -0.378 e. The zero-order valence-electron chi connectivity index (χ0n) is 6.68. The normalized spacial score (nSPS) is 40.7. The van der Waals surface area contributed by atoms with Crippen LogP contribution >= 0.6 is 0 Å². The Kier molecular flexibility index (Phi) is 2.01. The average Bonchev–Trinajstić information content (AvgIpc) is 1.88. The molecule has 1 rings (SSSR count). The Balaban J connectivity index is 2.56. The van der Waals surface area contributed by atoms with Crippen molar-refractivity contribution in [1.29, 1.82) is 0 Å². The van der Waals surface area contributed by atoms with Gasteiger partial charge in [-0.05, 0) is 26.7 Å².